The lowest BCUT2D eigenvalue weighted by atomic mass is 10.0. The van der Waals surface area contributed by atoms with Crippen molar-refractivity contribution >= 4 is 27.3 Å². The number of benzene rings is 1. The molecular weight excluding hydrogens is 280 g/mol. The largest absolute Gasteiger partial charge is 0.334 e. The first-order valence-electron chi connectivity index (χ1n) is 7.59. The van der Waals surface area contributed by atoms with Crippen molar-refractivity contribution in [2.75, 3.05) is 27.2 Å². The highest BCUT2D eigenvalue weighted by atomic mass is 32.1. The van der Waals surface area contributed by atoms with Gasteiger partial charge in [-0.25, -0.2) is 0 Å². The van der Waals surface area contributed by atoms with Gasteiger partial charge in [-0.15, -0.1) is 11.3 Å². The first kappa shape index (κ1) is 14.5. The maximum Gasteiger partial charge on any atom is 0.264 e. The van der Waals surface area contributed by atoms with E-state index in [1.165, 1.54) is 16.5 Å². The van der Waals surface area contributed by atoms with E-state index in [1.807, 2.05) is 18.2 Å². The molecule has 1 unspecified atom stereocenters. The molecule has 1 aromatic carbocycles. The predicted octanol–water partition coefficient (Wildman–Crippen LogP) is 3.46. The van der Waals surface area contributed by atoms with E-state index in [-0.39, 0.29) is 5.91 Å². The number of carbonyl (C=O) groups is 1. The maximum absolute atomic E-state index is 12.9. The lowest BCUT2D eigenvalue weighted by molar-refractivity contribution is 0.0580. The molecule has 0 bridgehead atoms. The first-order valence-corrected chi connectivity index (χ1v) is 8.41. The van der Waals surface area contributed by atoms with E-state index in [0.717, 1.165) is 30.8 Å². The summed E-state index contributed by atoms with van der Waals surface area (Å²) in [4.78, 5) is 18.0. The molecule has 1 aliphatic rings. The summed E-state index contributed by atoms with van der Waals surface area (Å²) in [6.45, 7) is 1.85. The topological polar surface area (TPSA) is 23.6 Å². The van der Waals surface area contributed by atoms with Gasteiger partial charge < -0.3 is 9.80 Å². The van der Waals surface area contributed by atoms with Gasteiger partial charge in [-0.05, 0) is 50.9 Å². The molecule has 3 rings (SSSR count). The molecule has 0 N–H and O–H groups in total. The number of likely N-dealkylation sites (tertiary alicyclic amines) is 1. The molecular formula is C17H22N2OS. The summed E-state index contributed by atoms with van der Waals surface area (Å²) in [5, 5.41) is 1.17. The van der Waals surface area contributed by atoms with Gasteiger partial charge in [-0.2, -0.15) is 0 Å². The van der Waals surface area contributed by atoms with Crippen LogP contribution in [0.2, 0.25) is 0 Å². The molecule has 1 amide bonds. The molecule has 1 aromatic heterocycles. The predicted molar refractivity (Wildman–Crippen MR) is 89.1 cm³/mol. The molecule has 1 aliphatic heterocycles. The molecule has 3 nitrogen and oxygen atoms in total. The van der Waals surface area contributed by atoms with Crippen molar-refractivity contribution in [3.63, 3.8) is 0 Å². The van der Waals surface area contributed by atoms with Crippen LogP contribution in [0.3, 0.4) is 0 Å². The molecule has 2 heterocycles. The molecule has 0 aliphatic carbocycles. The number of nitrogens with zero attached hydrogens (tertiary/aromatic N) is 2. The number of carbonyl (C=O) groups excluding carboxylic acids is 1. The summed E-state index contributed by atoms with van der Waals surface area (Å²) in [6.07, 6.45) is 3.48. The van der Waals surface area contributed by atoms with E-state index >= 15 is 0 Å². The third kappa shape index (κ3) is 3.11. The zero-order valence-corrected chi connectivity index (χ0v) is 13.5. The second-order valence-electron chi connectivity index (χ2n) is 6.06. The maximum atomic E-state index is 12.9. The fourth-order valence-corrected chi connectivity index (χ4v) is 4.13. The second kappa shape index (κ2) is 6.16. The fraction of sp³-hybridized carbons (Fsp3) is 0.471. The number of amides is 1. The Labute approximate surface area is 130 Å². The van der Waals surface area contributed by atoms with Crippen LogP contribution in [0.5, 0.6) is 0 Å². The summed E-state index contributed by atoms with van der Waals surface area (Å²) >= 11 is 1.62. The van der Waals surface area contributed by atoms with E-state index in [0.29, 0.717) is 6.04 Å². The van der Waals surface area contributed by atoms with E-state index in [2.05, 4.69) is 36.0 Å². The van der Waals surface area contributed by atoms with Crippen LogP contribution < -0.4 is 0 Å². The number of likely N-dealkylation sites (N-methyl/N-ethyl adjacent to an activating group) is 1. The molecule has 4 heteroatoms. The molecule has 1 atom stereocenters. The molecule has 0 radical (unpaired) electrons. The Hall–Kier alpha value is -1.39. The minimum atomic E-state index is 0.211. The van der Waals surface area contributed by atoms with Gasteiger partial charge in [0.2, 0.25) is 0 Å². The third-order valence-electron chi connectivity index (χ3n) is 4.10. The number of hydrogen-bond donors (Lipinski definition) is 0. The molecule has 1 fully saturated rings. The summed E-state index contributed by atoms with van der Waals surface area (Å²) in [5.41, 5.74) is 0. The second-order valence-corrected chi connectivity index (χ2v) is 7.14. The van der Waals surface area contributed by atoms with Crippen LogP contribution in [0.25, 0.3) is 10.1 Å². The van der Waals surface area contributed by atoms with Gasteiger partial charge in [-0.1, -0.05) is 18.2 Å². The lowest BCUT2D eigenvalue weighted by Crippen LogP contribution is -2.48. The Bertz CT molecular complexity index is 602. The number of fused-ring (bicyclic) bond motifs is 1. The fourth-order valence-electron chi connectivity index (χ4n) is 3.11. The Kier molecular flexibility index (Phi) is 4.27. The van der Waals surface area contributed by atoms with Gasteiger partial charge in [-0.3, -0.25) is 4.79 Å². The SMILES string of the molecule is CN(C)CC1CCCCN1C(=O)c1cc2ccccc2s1. The van der Waals surface area contributed by atoms with Crippen molar-refractivity contribution in [3.8, 4) is 0 Å². The molecule has 0 saturated carbocycles. The van der Waals surface area contributed by atoms with Gasteiger partial charge in [0.15, 0.2) is 0 Å². The van der Waals surface area contributed by atoms with E-state index in [1.54, 1.807) is 11.3 Å². The van der Waals surface area contributed by atoms with Gasteiger partial charge >= 0.3 is 0 Å². The van der Waals surface area contributed by atoms with Gasteiger partial charge in [0, 0.05) is 23.8 Å². The van der Waals surface area contributed by atoms with Crippen LogP contribution in [0.15, 0.2) is 30.3 Å². The van der Waals surface area contributed by atoms with Gasteiger partial charge in [0.1, 0.15) is 0 Å². The minimum Gasteiger partial charge on any atom is -0.334 e. The Morgan fingerprint density at radius 1 is 1.33 bits per heavy atom. The average Bonchev–Trinajstić information content (AvgIpc) is 2.90. The highest BCUT2D eigenvalue weighted by Crippen LogP contribution is 2.28. The van der Waals surface area contributed by atoms with Crippen molar-refractivity contribution in [3.05, 3.63) is 35.2 Å². The zero-order chi connectivity index (χ0) is 14.8. The van der Waals surface area contributed by atoms with E-state index < -0.39 is 0 Å². The van der Waals surface area contributed by atoms with Crippen LogP contribution in [-0.2, 0) is 0 Å². The highest BCUT2D eigenvalue weighted by Gasteiger charge is 2.28. The number of hydrogen-bond acceptors (Lipinski definition) is 3. The highest BCUT2D eigenvalue weighted by molar-refractivity contribution is 7.20. The monoisotopic (exact) mass is 302 g/mol. The molecule has 1 saturated heterocycles. The summed E-state index contributed by atoms with van der Waals surface area (Å²) in [7, 11) is 4.16. The molecule has 112 valence electrons. The summed E-state index contributed by atoms with van der Waals surface area (Å²) in [5.74, 6) is 0.211. The van der Waals surface area contributed by atoms with Gasteiger partial charge in [0.05, 0.1) is 4.88 Å². The Balaban J connectivity index is 1.84. The van der Waals surface area contributed by atoms with Crippen LogP contribution in [0, 0.1) is 0 Å². The van der Waals surface area contributed by atoms with Gasteiger partial charge in [0.25, 0.3) is 5.91 Å². The molecule has 2 aromatic rings. The van der Waals surface area contributed by atoms with Crippen molar-refractivity contribution < 1.29 is 4.79 Å². The average molecular weight is 302 g/mol. The third-order valence-corrected chi connectivity index (χ3v) is 5.20. The zero-order valence-electron chi connectivity index (χ0n) is 12.7. The smallest absolute Gasteiger partial charge is 0.264 e. The quantitative estimate of drug-likeness (QED) is 0.867. The summed E-state index contributed by atoms with van der Waals surface area (Å²) in [6, 6.07) is 10.6. The first-order chi connectivity index (χ1) is 10.1. The van der Waals surface area contributed by atoms with E-state index in [4.69, 9.17) is 0 Å². The standard InChI is InChI=1S/C17H22N2OS/c1-18(2)12-14-8-5-6-10-19(14)17(20)16-11-13-7-3-4-9-15(13)21-16/h3-4,7,9,11,14H,5-6,8,10,12H2,1-2H3. The van der Waals surface area contributed by atoms with Crippen LogP contribution >= 0.6 is 11.3 Å². The van der Waals surface area contributed by atoms with Crippen molar-refractivity contribution in [2.45, 2.75) is 25.3 Å². The van der Waals surface area contributed by atoms with Crippen molar-refractivity contribution in [2.24, 2.45) is 0 Å². The Morgan fingerprint density at radius 2 is 2.14 bits per heavy atom. The van der Waals surface area contributed by atoms with E-state index in [9.17, 15) is 4.79 Å². The number of rotatable bonds is 3. The van der Waals surface area contributed by atoms with Crippen molar-refractivity contribution in [1.82, 2.24) is 9.80 Å². The lowest BCUT2D eigenvalue weighted by Gasteiger charge is -2.37. The normalized spacial score (nSPS) is 19.4. The summed E-state index contributed by atoms with van der Waals surface area (Å²) < 4.78 is 1.20. The van der Waals surface area contributed by atoms with Crippen LogP contribution in [0.4, 0.5) is 0 Å². The molecule has 21 heavy (non-hydrogen) atoms. The van der Waals surface area contributed by atoms with Crippen LogP contribution in [0.1, 0.15) is 28.9 Å². The minimum absolute atomic E-state index is 0.211. The number of piperidine rings is 1. The van der Waals surface area contributed by atoms with Crippen molar-refractivity contribution in [1.29, 1.82) is 0 Å². The molecule has 0 spiro atoms. The van der Waals surface area contributed by atoms with Crippen LogP contribution in [-0.4, -0.2) is 48.9 Å². The number of thiophene rings is 1. The Morgan fingerprint density at radius 3 is 2.90 bits per heavy atom.